The first kappa shape index (κ1) is 16.0. The Kier molecular flexibility index (Phi) is 4.80. The molecule has 0 unspecified atom stereocenters. The van der Waals surface area contributed by atoms with Crippen LogP contribution in [-0.4, -0.2) is 30.3 Å². The van der Waals surface area contributed by atoms with Crippen molar-refractivity contribution in [2.75, 3.05) is 16.8 Å². The van der Waals surface area contributed by atoms with Crippen molar-refractivity contribution in [3.63, 3.8) is 0 Å². The van der Waals surface area contributed by atoms with E-state index in [9.17, 15) is 14.4 Å². The highest BCUT2D eigenvalue weighted by Gasteiger charge is 2.23. The van der Waals surface area contributed by atoms with Crippen LogP contribution in [0.2, 0.25) is 0 Å². The topological polar surface area (TPSA) is 78.5 Å². The fourth-order valence-corrected chi connectivity index (χ4v) is 2.40. The van der Waals surface area contributed by atoms with Gasteiger partial charge in [-0.2, -0.15) is 0 Å². The average molecular weight is 303 g/mol. The van der Waals surface area contributed by atoms with E-state index in [-0.39, 0.29) is 11.9 Å². The molecule has 2 rings (SSSR count). The Bertz CT molecular complexity index is 611. The Hall–Kier alpha value is -2.37. The molecule has 0 saturated carbocycles. The third kappa shape index (κ3) is 3.63. The van der Waals surface area contributed by atoms with Gasteiger partial charge in [-0.25, -0.2) is 0 Å². The Morgan fingerprint density at radius 2 is 1.95 bits per heavy atom. The van der Waals surface area contributed by atoms with E-state index < -0.39 is 11.8 Å². The van der Waals surface area contributed by atoms with Crippen molar-refractivity contribution in [1.29, 1.82) is 0 Å². The lowest BCUT2D eigenvalue weighted by molar-refractivity contribution is -0.136. The Morgan fingerprint density at radius 3 is 2.55 bits per heavy atom. The van der Waals surface area contributed by atoms with Crippen molar-refractivity contribution in [2.45, 2.75) is 39.7 Å². The molecular formula is C16H21N3O3. The molecule has 0 radical (unpaired) electrons. The molecule has 1 aromatic carbocycles. The lowest BCUT2D eigenvalue weighted by Gasteiger charge is -2.19. The summed E-state index contributed by atoms with van der Waals surface area (Å²) >= 11 is 0. The van der Waals surface area contributed by atoms with Gasteiger partial charge in [-0.05, 0) is 44.9 Å². The number of hydrogen-bond donors (Lipinski definition) is 2. The Morgan fingerprint density at radius 1 is 1.23 bits per heavy atom. The molecule has 2 N–H and O–H groups in total. The van der Waals surface area contributed by atoms with Gasteiger partial charge in [0.15, 0.2) is 0 Å². The van der Waals surface area contributed by atoms with Gasteiger partial charge < -0.3 is 15.5 Å². The maximum Gasteiger partial charge on any atom is 0.313 e. The molecule has 1 fully saturated rings. The van der Waals surface area contributed by atoms with E-state index in [0.29, 0.717) is 18.7 Å². The van der Waals surface area contributed by atoms with Crippen molar-refractivity contribution < 1.29 is 14.4 Å². The first-order valence-corrected chi connectivity index (χ1v) is 7.41. The zero-order chi connectivity index (χ0) is 16.3. The van der Waals surface area contributed by atoms with Gasteiger partial charge in [-0.1, -0.05) is 6.07 Å². The smallest absolute Gasteiger partial charge is 0.313 e. The number of nitrogens with zero attached hydrogens (tertiary/aromatic N) is 1. The van der Waals surface area contributed by atoms with Crippen molar-refractivity contribution in [1.82, 2.24) is 5.32 Å². The van der Waals surface area contributed by atoms with Crippen LogP contribution in [-0.2, 0) is 14.4 Å². The average Bonchev–Trinajstić information content (AvgIpc) is 2.86. The maximum atomic E-state index is 11.9. The molecule has 1 aliphatic heterocycles. The summed E-state index contributed by atoms with van der Waals surface area (Å²) in [5.41, 5.74) is 2.24. The lowest BCUT2D eigenvalue weighted by atomic mass is 10.1. The van der Waals surface area contributed by atoms with Crippen LogP contribution in [0, 0.1) is 6.92 Å². The van der Waals surface area contributed by atoms with Gasteiger partial charge >= 0.3 is 11.8 Å². The van der Waals surface area contributed by atoms with Gasteiger partial charge in [0, 0.05) is 30.4 Å². The molecule has 0 bridgehead atoms. The van der Waals surface area contributed by atoms with E-state index in [1.807, 2.05) is 13.0 Å². The quantitative estimate of drug-likeness (QED) is 0.832. The van der Waals surface area contributed by atoms with E-state index >= 15 is 0 Å². The van der Waals surface area contributed by atoms with Crippen LogP contribution in [0.5, 0.6) is 0 Å². The summed E-state index contributed by atoms with van der Waals surface area (Å²) in [6.45, 7) is 6.17. The molecule has 6 heteroatoms. The third-order valence-electron chi connectivity index (χ3n) is 3.46. The molecule has 118 valence electrons. The minimum Gasteiger partial charge on any atom is -0.346 e. The van der Waals surface area contributed by atoms with Crippen LogP contribution in [0.3, 0.4) is 0 Å². The van der Waals surface area contributed by atoms with Gasteiger partial charge in [-0.3, -0.25) is 14.4 Å². The molecule has 6 nitrogen and oxygen atoms in total. The summed E-state index contributed by atoms with van der Waals surface area (Å²) < 4.78 is 0. The Labute approximate surface area is 129 Å². The maximum absolute atomic E-state index is 11.9. The molecule has 1 heterocycles. The molecule has 1 aromatic rings. The SMILES string of the molecule is Cc1ccc(NC(=O)C(=O)NC(C)C)cc1N1CCCC1=O. The summed E-state index contributed by atoms with van der Waals surface area (Å²) in [6.07, 6.45) is 1.39. The zero-order valence-corrected chi connectivity index (χ0v) is 13.1. The van der Waals surface area contributed by atoms with Gasteiger partial charge in [0.25, 0.3) is 0 Å². The van der Waals surface area contributed by atoms with Crippen LogP contribution in [0.25, 0.3) is 0 Å². The highest BCUT2D eigenvalue weighted by Crippen LogP contribution is 2.28. The van der Waals surface area contributed by atoms with Gasteiger partial charge in [0.2, 0.25) is 5.91 Å². The van der Waals surface area contributed by atoms with Crippen LogP contribution in [0.4, 0.5) is 11.4 Å². The number of benzene rings is 1. The minimum absolute atomic E-state index is 0.0872. The number of rotatable bonds is 3. The van der Waals surface area contributed by atoms with E-state index in [2.05, 4.69) is 10.6 Å². The molecule has 0 aromatic heterocycles. The van der Waals surface area contributed by atoms with Gasteiger partial charge in [-0.15, -0.1) is 0 Å². The molecular weight excluding hydrogens is 282 g/mol. The fraction of sp³-hybridized carbons (Fsp3) is 0.438. The summed E-state index contributed by atoms with van der Waals surface area (Å²) in [5, 5.41) is 5.10. The second-order valence-electron chi connectivity index (χ2n) is 5.73. The molecule has 0 atom stereocenters. The fourth-order valence-electron chi connectivity index (χ4n) is 2.40. The highest BCUT2D eigenvalue weighted by molar-refractivity contribution is 6.39. The summed E-state index contributed by atoms with van der Waals surface area (Å²) in [4.78, 5) is 37.0. The van der Waals surface area contributed by atoms with Crippen molar-refractivity contribution in [3.8, 4) is 0 Å². The largest absolute Gasteiger partial charge is 0.346 e. The van der Waals surface area contributed by atoms with E-state index in [1.54, 1.807) is 30.9 Å². The standard InChI is InChI=1S/C16H21N3O3/c1-10(2)17-15(21)16(22)18-12-7-6-11(3)13(9-12)19-8-4-5-14(19)20/h6-7,9-10H,4-5,8H2,1-3H3,(H,17,21)(H,18,22). The second-order valence-corrected chi connectivity index (χ2v) is 5.73. The predicted molar refractivity (Wildman–Crippen MR) is 84.7 cm³/mol. The number of hydrogen-bond acceptors (Lipinski definition) is 3. The first-order chi connectivity index (χ1) is 10.4. The van der Waals surface area contributed by atoms with Crippen molar-refractivity contribution in [2.24, 2.45) is 0 Å². The normalized spacial score (nSPS) is 14.4. The number of carbonyl (C=O) groups is 3. The van der Waals surface area contributed by atoms with Gasteiger partial charge in [0.1, 0.15) is 0 Å². The predicted octanol–water partition coefficient (Wildman–Crippen LogP) is 1.58. The second kappa shape index (κ2) is 6.60. The molecule has 22 heavy (non-hydrogen) atoms. The molecule has 1 aliphatic rings. The van der Waals surface area contributed by atoms with E-state index in [1.165, 1.54) is 0 Å². The number of aryl methyl sites for hydroxylation is 1. The first-order valence-electron chi connectivity index (χ1n) is 7.41. The number of amides is 3. The molecule has 1 saturated heterocycles. The van der Waals surface area contributed by atoms with Crippen LogP contribution in [0.15, 0.2) is 18.2 Å². The monoisotopic (exact) mass is 303 g/mol. The van der Waals surface area contributed by atoms with Gasteiger partial charge in [0.05, 0.1) is 0 Å². The third-order valence-corrected chi connectivity index (χ3v) is 3.46. The van der Waals surface area contributed by atoms with Crippen LogP contribution in [0.1, 0.15) is 32.3 Å². The van der Waals surface area contributed by atoms with Crippen molar-refractivity contribution >= 4 is 29.1 Å². The molecule has 0 aliphatic carbocycles. The summed E-state index contributed by atoms with van der Waals surface area (Å²) in [5.74, 6) is -1.30. The van der Waals surface area contributed by atoms with E-state index in [0.717, 1.165) is 17.7 Å². The summed E-state index contributed by atoms with van der Waals surface area (Å²) in [6, 6.07) is 5.18. The minimum atomic E-state index is -0.712. The van der Waals surface area contributed by atoms with Crippen molar-refractivity contribution in [3.05, 3.63) is 23.8 Å². The zero-order valence-electron chi connectivity index (χ0n) is 13.1. The number of anilines is 2. The van der Waals surface area contributed by atoms with E-state index in [4.69, 9.17) is 0 Å². The van der Waals surface area contributed by atoms with Crippen LogP contribution >= 0.6 is 0 Å². The molecule has 0 spiro atoms. The molecule has 3 amide bonds. The lowest BCUT2D eigenvalue weighted by Crippen LogP contribution is -2.39. The van der Waals surface area contributed by atoms with Crippen LogP contribution < -0.4 is 15.5 Å². The Balaban J connectivity index is 2.14. The number of carbonyl (C=O) groups excluding carboxylic acids is 3. The number of nitrogens with one attached hydrogen (secondary N) is 2. The highest BCUT2D eigenvalue weighted by atomic mass is 16.2. The summed E-state index contributed by atoms with van der Waals surface area (Å²) in [7, 11) is 0.